The summed E-state index contributed by atoms with van der Waals surface area (Å²) < 4.78 is 51.1. The fourth-order valence-corrected chi connectivity index (χ4v) is 7.10. The Morgan fingerprint density at radius 2 is 1.58 bits per heavy atom. The molecule has 1 fully saturated rings. The summed E-state index contributed by atoms with van der Waals surface area (Å²) in [6, 6.07) is 17.6. The van der Waals surface area contributed by atoms with E-state index in [1.165, 1.54) is 60.1 Å². The van der Waals surface area contributed by atoms with Gasteiger partial charge < -0.3 is 30.0 Å². The number of hydrogen-bond donors (Lipinski definition) is 4. The molecule has 10 nitrogen and oxygen atoms in total. The third kappa shape index (κ3) is 11.6. The summed E-state index contributed by atoms with van der Waals surface area (Å²) in [6.45, 7) is 8.96. The van der Waals surface area contributed by atoms with Crippen LogP contribution in [0.4, 0.5) is 29.3 Å². The van der Waals surface area contributed by atoms with Crippen molar-refractivity contribution in [3.8, 4) is 5.75 Å². The van der Waals surface area contributed by atoms with Gasteiger partial charge in [-0.1, -0.05) is 64.3 Å². The van der Waals surface area contributed by atoms with E-state index in [-0.39, 0.29) is 23.4 Å². The number of aliphatic carboxylic acids is 1. The molecular weight excluding hydrogens is 696 g/mol. The fourth-order valence-electron chi connectivity index (χ4n) is 6.15. The number of alkyl halides is 3. The highest BCUT2D eigenvalue weighted by Crippen LogP contribution is 2.43. The van der Waals surface area contributed by atoms with E-state index in [4.69, 9.17) is 9.53 Å². The number of anilines is 2. The number of nitrogens with zero attached hydrogens (tertiary/aromatic N) is 1. The van der Waals surface area contributed by atoms with Crippen molar-refractivity contribution in [3.63, 3.8) is 0 Å². The quantitative estimate of drug-likeness (QED) is 0.129. The van der Waals surface area contributed by atoms with Gasteiger partial charge >= 0.3 is 18.4 Å². The summed E-state index contributed by atoms with van der Waals surface area (Å²) in [5.74, 6) is -2.00. The van der Waals surface area contributed by atoms with E-state index in [2.05, 4.69) is 15.4 Å². The molecule has 0 spiro atoms. The molecule has 1 radical (unpaired) electrons. The first-order chi connectivity index (χ1) is 24.4. The minimum atomic E-state index is -4.94. The number of carbonyl (C=O) groups excluding carboxylic acids is 2. The summed E-state index contributed by atoms with van der Waals surface area (Å²) in [5, 5.41) is 23.6. The monoisotopic (exact) mass is 742 g/mol. The van der Waals surface area contributed by atoms with Crippen LogP contribution >= 0.6 is 0 Å². The number of aliphatic hydroxyl groups excluding tert-OH is 1. The van der Waals surface area contributed by atoms with Crippen molar-refractivity contribution < 1.29 is 46.9 Å². The lowest BCUT2D eigenvalue weighted by Crippen LogP contribution is -2.36. The minimum Gasteiger partial charge on any atom is -0.479 e. The molecule has 4 N–H and O–H groups in total. The Hall–Kier alpha value is -4.40. The molecule has 0 aromatic heterocycles. The van der Waals surface area contributed by atoms with E-state index < -0.39 is 63.2 Å². The maximum absolute atomic E-state index is 14.1. The smallest absolute Gasteiger partial charge is 0.479 e. The average Bonchev–Trinajstić information content (AvgIpc) is 3.08. The maximum Gasteiger partial charge on any atom is 0.573 e. The largest absolute Gasteiger partial charge is 0.573 e. The molecule has 3 aromatic rings. The van der Waals surface area contributed by atoms with Crippen LogP contribution in [0.1, 0.15) is 91.9 Å². The van der Waals surface area contributed by atoms with Crippen LogP contribution in [0.15, 0.2) is 66.7 Å². The lowest BCUT2D eigenvalue weighted by Gasteiger charge is -2.34. The number of benzene rings is 3. The van der Waals surface area contributed by atoms with Gasteiger partial charge in [-0.15, -0.1) is 13.2 Å². The van der Waals surface area contributed by atoms with Gasteiger partial charge in [-0.3, -0.25) is 9.69 Å². The van der Waals surface area contributed by atoms with Crippen molar-refractivity contribution in [3.05, 3.63) is 89.0 Å². The Kier molecular flexibility index (Phi) is 13.5. The number of carbonyl (C=O) groups is 3. The number of carboxylic acids is 1. The second-order valence-corrected chi connectivity index (χ2v) is 16.3. The predicted molar refractivity (Wildman–Crippen MR) is 194 cm³/mol. The van der Waals surface area contributed by atoms with Crippen LogP contribution in [-0.2, 0) is 15.8 Å². The lowest BCUT2D eigenvalue weighted by atomic mass is 9.84. The minimum absolute atomic E-state index is 0.0710. The number of hydrogen-bond acceptors (Lipinski definition) is 6. The average molecular weight is 743 g/mol. The van der Waals surface area contributed by atoms with Gasteiger partial charge in [0, 0.05) is 22.5 Å². The molecule has 52 heavy (non-hydrogen) atoms. The van der Waals surface area contributed by atoms with Gasteiger partial charge in [0.1, 0.15) is 5.75 Å². The Bertz CT molecular complexity index is 1670. The van der Waals surface area contributed by atoms with E-state index in [0.717, 1.165) is 12.8 Å². The molecular formula is C38H47F3N3O7Si. The summed E-state index contributed by atoms with van der Waals surface area (Å²) in [4.78, 5) is 39.0. The molecule has 3 amide bonds. The number of amides is 3. The highest BCUT2D eigenvalue weighted by atomic mass is 28.3. The maximum atomic E-state index is 14.1. The number of aliphatic hydroxyl groups is 1. The number of rotatable bonds is 13. The standard InChI is InChI=1S/C38H47F3N3O7Si/c1-37(2,3)33(51-52(4)5)30-21-28(17-20-32(30)50-38(39,40)41)43-36(49)44(29-18-15-26(16-19-29)25-9-7-6-8-10-25)23-24-11-13-27(14-12-24)34(46)42-22-31(45)35(47)48/h11-21,25,31,33,45H,6-10,22-23H2,1-5H3,(H,42,46)(H,43,49)(H,47,48)/t31-,33?/m1/s1. The molecule has 1 unspecified atom stereocenters. The van der Waals surface area contributed by atoms with E-state index in [9.17, 15) is 32.7 Å². The molecule has 2 atom stereocenters. The number of carboxylic acid groups (broad SMARTS) is 1. The van der Waals surface area contributed by atoms with Gasteiger partial charge in [-0.2, -0.15) is 0 Å². The zero-order valence-electron chi connectivity index (χ0n) is 30.0. The number of urea groups is 1. The van der Waals surface area contributed by atoms with Crippen LogP contribution in [0.2, 0.25) is 13.1 Å². The number of nitrogens with one attached hydrogen (secondary N) is 2. The van der Waals surface area contributed by atoms with Gasteiger partial charge in [0.25, 0.3) is 5.91 Å². The number of halogens is 3. The Labute approximate surface area is 304 Å². The van der Waals surface area contributed by atoms with Gasteiger partial charge in [-0.25, -0.2) is 9.59 Å². The van der Waals surface area contributed by atoms with E-state index in [1.807, 2.05) is 58.1 Å². The molecule has 1 saturated carbocycles. The first-order valence-electron chi connectivity index (χ1n) is 17.2. The van der Waals surface area contributed by atoms with Crippen LogP contribution in [0.5, 0.6) is 5.75 Å². The Balaban J connectivity index is 1.65. The third-order valence-corrected chi connectivity index (χ3v) is 9.44. The van der Waals surface area contributed by atoms with Crippen LogP contribution < -0.4 is 20.3 Å². The van der Waals surface area contributed by atoms with Crippen molar-refractivity contribution in [2.24, 2.45) is 5.41 Å². The van der Waals surface area contributed by atoms with E-state index in [0.29, 0.717) is 17.2 Å². The van der Waals surface area contributed by atoms with E-state index >= 15 is 0 Å². The van der Waals surface area contributed by atoms with Crippen molar-refractivity contribution in [1.29, 1.82) is 0 Å². The van der Waals surface area contributed by atoms with Gasteiger partial charge in [0.15, 0.2) is 6.10 Å². The van der Waals surface area contributed by atoms with Crippen LogP contribution in [0.3, 0.4) is 0 Å². The van der Waals surface area contributed by atoms with Crippen molar-refractivity contribution in [2.45, 2.75) is 97.0 Å². The normalized spacial score (nSPS) is 15.1. The molecule has 3 aromatic carbocycles. The van der Waals surface area contributed by atoms with E-state index in [1.54, 1.807) is 12.1 Å². The second kappa shape index (κ2) is 17.4. The topological polar surface area (TPSA) is 137 Å². The molecule has 4 rings (SSSR count). The zero-order valence-corrected chi connectivity index (χ0v) is 31.0. The second-order valence-electron chi connectivity index (χ2n) is 14.3. The van der Waals surface area contributed by atoms with Gasteiger partial charge in [0.2, 0.25) is 9.04 Å². The van der Waals surface area contributed by atoms with Crippen LogP contribution in [0.25, 0.3) is 0 Å². The Morgan fingerprint density at radius 1 is 0.942 bits per heavy atom. The fraction of sp³-hybridized carbons (Fsp3) is 0.447. The van der Waals surface area contributed by atoms with Gasteiger partial charge in [-0.05, 0) is 90.9 Å². The predicted octanol–water partition coefficient (Wildman–Crippen LogP) is 8.40. The van der Waals surface area contributed by atoms with Crippen molar-refractivity contribution in [1.82, 2.24) is 5.32 Å². The van der Waals surface area contributed by atoms with Crippen molar-refractivity contribution >= 4 is 38.3 Å². The van der Waals surface area contributed by atoms with Crippen molar-refractivity contribution in [2.75, 3.05) is 16.8 Å². The lowest BCUT2D eigenvalue weighted by molar-refractivity contribution is -0.275. The van der Waals surface area contributed by atoms with Crippen LogP contribution in [-0.4, -0.2) is 56.2 Å². The third-order valence-electron chi connectivity index (χ3n) is 8.73. The summed E-state index contributed by atoms with van der Waals surface area (Å²) in [6.07, 6.45) is -1.68. The molecule has 281 valence electrons. The highest BCUT2D eigenvalue weighted by Gasteiger charge is 2.36. The summed E-state index contributed by atoms with van der Waals surface area (Å²) >= 11 is 0. The van der Waals surface area contributed by atoms with Gasteiger partial charge in [0.05, 0.1) is 19.2 Å². The molecule has 14 heteroatoms. The summed E-state index contributed by atoms with van der Waals surface area (Å²) in [7, 11) is -1.36. The molecule has 1 aliphatic rings. The zero-order chi connectivity index (χ0) is 38.2. The Morgan fingerprint density at radius 3 is 2.13 bits per heavy atom. The SMILES string of the molecule is C[Si](C)OC(c1cc(NC(=O)N(Cc2ccc(C(=O)NC[C@@H](O)C(=O)O)cc2)c2ccc(C3CCCCC3)cc2)ccc1OC(F)(F)F)C(C)(C)C. The molecule has 0 heterocycles. The molecule has 1 aliphatic carbocycles. The highest BCUT2D eigenvalue weighted by molar-refractivity contribution is 6.48. The first kappa shape index (κ1) is 40.4. The number of ether oxygens (including phenoxy) is 1. The molecule has 0 aliphatic heterocycles. The first-order valence-corrected chi connectivity index (χ1v) is 19.6. The summed E-state index contributed by atoms with van der Waals surface area (Å²) in [5.41, 5.74) is 2.44. The van der Waals surface area contributed by atoms with Crippen LogP contribution in [0, 0.1) is 5.41 Å². The molecule has 0 bridgehead atoms. The molecule has 0 saturated heterocycles.